The van der Waals surface area contributed by atoms with Gasteiger partial charge in [0, 0.05) is 30.7 Å². The van der Waals surface area contributed by atoms with Gasteiger partial charge in [0.15, 0.2) is 0 Å². The molecule has 0 aliphatic carbocycles. The molecule has 0 saturated heterocycles. The Bertz CT molecular complexity index is 757. The number of aromatic nitrogens is 3. The van der Waals surface area contributed by atoms with Crippen molar-refractivity contribution in [2.45, 2.75) is 5.03 Å². The lowest BCUT2D eigenvalue weighted by molar-refractivity contribution is 0.0954. The van der Waals surface area contributed by atoms with Gasteiger partial charge in [-0.15, -0.1) is 5.10 Å². The molecule has 2 rings (SSSR count). The largest absolute Gasteiger partial charge is 0.351 e. The maximum Gasteiger partial charge on any atom is 0.261 e. The van der Waals surface area contributed by atoms with E-state index in [2.05, 4.69) is 20.4 Å². The van der Waals surface area contributed by atoms with E-state index in [-0.39, 0.29) is 24.0 Å². The average Bonchev–Trinajstić information content (AvgIpc) is 2.92. The molecule has 1 amide bonds. The number of aryl methyl sites for hydroxylation is 1. The fourth-order valence-corrected chi connectivity index (χ4v) is 2.67. The fraction of sp³-hybridized carbons (Fsp3) is 0.250. The summed E-state index contributed by atoms with van der Waals surface area (Å²) in [7, 11) is -2.15. The van der Waals surface area contributed by atoms with Crippen LogP contribution in [0.1, 0.15) is 10.4 Å². The zero-order valence-corrected chi connectivity index (χ0v) is 13.2. The molecule has 10 heteroatoms. The number of benzene rings is 1. The van der Waals surface area contributed by atoms with Crippen LogP contribution in [0.15, 0.2) is 35.5 Å². The summed E-state index contributed by atoms with van der Waals surface area (Å²) in [6.07, 6.45) is 1.29. The molecule has 8 nitrogen and oxygen atoms in total. The zero-order chi connectivity index (χ0) is 16.2. The fourth-order valence-electron chi connectivity index (χ4n) is 1.59. The second kappa shape index (κ2) is 6.86. The van der Waals surface area contributed by atoms with E-state index >= 15 is 0 Å². The van der Waals surface area contributed by atoms with Crippen molar-refractivity contribution in [2.75, 3.05) is 13.1 Å². The Morgan fingerprint density at radius 2 is 1.95 bits per heavy atom. The molecule has 0 saturated carbocycles. The van der Waals surface area contributed by atoms with E-state index in [4.69, 9.17) is 11.6 Å². The monoisotopic (exact) mass is 343 g/mol. The summed E-state index contributed by atoms with van der Waals surface area (Å²) >= 11 is 5.73. The highest BCUT2D eigenvalue weighted by atomic mass is 35.5. The lowest BCUT2D eigenvalue weighted by Crippen LogP contribution is -2.34. The summed E-state index contributed by atoms with van der Waals surface area (Å²) in [4.78, 5) is 11.8. The van der Waals surface area contributed by atoms with Crippen molar-refractivity contribution in [3.63, 3.8) is 0 Å². The molecule has 118 valence electrons. The van der Waals surface area contributed by atoms with Crippen LogP contribution in [0, 0.1) is 0 Å². The van der Waals surface area contributed by atoms with Gasteiger partial charge < -0.3 is 5.32 Å². The molecule has 0 fully saturated rings. The highest BCUT2D eigenvalue weighted by Crippen LogP contribution is 2.09. The molecule has 0 bridgehead atoms. The third-order valence-electron chi connectivity index (χ3n) is 2.67. The molecule has 0 atom stereocenters. The predicted octanol–water partition coefficient (Wildman–Crippen LogP) is 0.177. The van der Waals surface area contributed by atoms with Crippen LogP contribution in [0.3, 0.4) is 0 Å². The van der Waals surface area contributed by atoms with E-state index in [9.17, 15) is 13.2 Å². The van der Waals surface area contributed by atoms with E-state index in [0.29, 0.717) is 10.6 Å². The molecule has 0 aliphatic rings. The quantitative estimate of drug-likeness (QED) is 0.728. The van der Waals surface area contributed by atoms with Crippen LogP contribution in [0.5, 0.6) is 0 Å². The first kappa shape index (κ1) is 16.4. The van der Waals surface area contributed by atoms with Gasteiger partial charge in [0.1, 0.15) is 0 Å². The number of carbonyl (C=O) groups excluding carboxylic acids is 1. The van der Waals surface area contributed by atoms with E-state index in [1.54, 1.807) is 31.3 Å². The first-order valence-electron chi connectivity index (χ1n) is 6.28. The minimum atomic E-state index is -3.72. The minimum absolute atomic E-state index is 0.0399. The van der Waals surface area contributed by atoms with Crippen LogP contribution in [0.25, 0.3) is 0 Å². The Kier molecular flexibility index (Phi) is 5.11. The zero-order valence-electron chi connectivity index (χ0n) is 11.7. The molecule has 0 unspecified atom stereocenters. The van der Waals surface area contributed by atoms with Crippen molar-refractivity contribution in [3.8, 4) is 0 Å². The van der Waals surface area contributed by atoms with Crippen molar-refractivity contribution >= 4 is 27.5 Å². The molecule has 0 spiro atoms. The minimum Gasteiger partial charge on any atom is -0.351 e. The number of hydrogen-bond donors (Lipinski definition) is 2. The van der Waals surface area contributed by atoms with E-state index in [0.717, 1.165) is 0 Å². The van der Waals surface area contributed by atoms with Gasteiger partial charge in [0.25, 0.3) is 15.9 Å². The van der Waals surface area contributed by atoms with Crippen molar-refractivity contribution in [3.05, 3.63) is 41.0 Å². The van der Waals surface area contributed by atoms with Crippen LogP contribution in [-0.2, 0) is 17.1 Å². The number of halogens is 1. The Hall–Kier alpha value is -1.97. The summed E-state index contributed by atoms with van der Waals surface area (Å²) < 4.78 is 27.3. The van der Waals surface area contributed by atoms with Crippen LogP contribution >= 0.6 is 11.6 Å². The topological polar surface area (TPSA) is 106 Å². The number of carbonyl (C=O) groups is 1. The Balaban J connectivity index is 1.82. The number of hydrogen-bond acceptors (Lipinski definition) is 5. The average molecular weight is 344 g/mol. The summed E-state index contributed by atoms with van der Waals surface area (Å²) in [6.45, 7) is 0.180. The van der Waals surface area contributed by atoms with Crippen LogP contribution < -0.4 is 10.0 Å². The van der Waals surface area contributed by atoms with Crippen LogP contribution in [0.4, 0.5) is 0 Å². The summed E-state index contributed by atoms with van der Waals surface area (Å²) in [5.74, 6) is -0.310. The van der Waals surface area contributed by atoms with Crippen molar-refractivity contribution in [1.82, 2.24) is 25.0 Å². The number of rotatable bonds is 6. The molecule has 1 heterocycles. The molecular formula is C12H14ClN5O3S. The molecule has 2 aromatic rings. The number of nitrogens with one attached hydrogen (secondary N) is 2. The molecule has 0 aliphatic heterocycles. The Labute approximate surface area is 132 Å². The SMILES string of the molecule is Cn1cc(S(=O)(=O)NCCNC(=O)c2ccc(Cl)cc2)nn1. The van der Waals surface area contributed by atoms with Gasteiger partial charge in [0.2, 0.25) is 5.03 Å². The van der Waals surface area contributed by atoms with Gasteiger partial charge in [-0.2, -0.15) is 0 Å². The molecule has 2 N–H and O–H groups in total. The first-order valence-corrected chi connectivity index (χ1v) is 8.14. The third kappa shape index (κ3) is 4.26. The molecular weight excluding hydrogens is 330 g/mol. The molecule has 0 radical (unpaired) electrons. The van der Waals surface area contributed by atoms with Gasteiger partial charge in [-0.05, 0) is 24.3 Å². The highest BCUT2D eigenvalue weighted by Gasteiger charge is 2.17. The summed E-state index contributed by atoms with van der Waals surface area (Å²) in [5.41, 5.74) is 0.446. The van der Waals surface area contributed by atoms with Crippen LogP contribution in [-0.4, -0.2) is 42.4 Å². The lowest BCUT2D eigenvalue weighted by atomic mass is 10.2. The van der Waals surface area contributed by atoms with E-state index in [1.165, 1.54) is 10.9 Å². The van der Waals surface area contributed by atoms with Crippen LogP contribution in [0.2, 0.25) is 5.02 Å². The number of nitrogens with zero attached hydrogens (tertiary/aromatic N) is 3. The molecule has 22 heavy (non-hydrogen) atoms. The van der Waals surface area contributed by atoms with Crippen molar-refractivity contribution in [1.29, 1.82) is 0 Å². The van der Waals surface area contributed by atoms with Gasteiger partial charge >= 0.3 is 0 Å². The second-order valence-corrected chi connectivity index (χ2v) is 6.54. The smallest absolute Gasteiger partial charge is 0.261 e. The third-order valence-corrected chi connectivity index (χ3v) is 4.24. The predicted molar refractivity (Wildman–Crippen MR) is 80.0 cm³/mol. The maximum absolute atomic E-state index is 11.8. The van der Waals surface area contributed by atoms with Crippen molar-refractivity contribution < 1.29 is 13.2 Å². The van der Waals surface area contributed by atoms with Gasteiger partial charge in [-0.1, -0.05) is 16.8 Å². The highest BCUT2D eigenvalue weighted by molar-refractivity contribution is 7.89. The normalized spacial score (nSPS) is 11.4. The maximum atomic E-state index is 11.8. The van der Waals surface area contributed by atoms with E-state index in [1.807, 2.05) is 0 Å². The standard InChI is InChI=1S/C12H14ClN5O3S/c1-18-8-11(16-17-18)22(20,21)15-7-6-14-12(19)9-2-4-10(13)5-3-9/h2-5,8,15H,6-7H2,1H3,(H,14,19). The lowest BCUT2D eigenvalue weighted by Gasteiger charge is -2.06. The summed E-state index contributed by atoms with van der Waals surface area (Å²) in [5, 5.41) is 10.0. The van der Waals surface area contributed by atoms with Crippen molar-refractivity contribution in [2.24, 2.45) is 7.05 Å². The number of sulfonamides is 1. The Morgan fingerprint density at radius 3 is 2.55 bits per heavy atom. The summed E-state index contributed by atoms with van der Waals surface area (Å²) in [6, 6.07) is 6.38. The molecule has 1 aromatic carbocycles. The second-order valence-electron chi connectivity index (χ2n) is 4.39. The first-order chi connectivity index (χ1) is 10.4. The van der Waals surface area contributed by atoms with Gasteiger partial charge in [0.05, 0.1) is 6.20 Å². The Morgan fingerprint density at radius 1 is 1.27 bits per heavy atom. The van der Waals surface area contributed by atoms with Gasteiger partial charge in [-0.25, -0.2) is 13.1 Å². The molecule has 1 aromatic heterocycles. The van der Waals surface area contributed by atoms with Gasteiger partial charge in [-0.3, -0.25) is 9.48 Å². The number of amides is 1. The van der Waals surface area contributed by atoms with E-state index < -0.39 is 10.0 Å².